The monoisotopic (exact) mass is 616 g/mol. The van der Waals surface area contributed by atoms with Gasteiger partial charge in [0.25, 0.3) is 0 Å². The second-order valence-corrected chi connectivity index (χ2v) is 14.0. The molecule has 0 bridgehead atoms. The number of unbranched alkanes of at least 4 members (excludes halogenated alkanes) is 1. The Kier molecular flexibility index (Phi) is 10.2. The number of rotatable bonds is 11. The first-order valence-electron chi connectivity index (χ1n) is 17.8. The fourth-order valence-electron chi connectivity index (χ4n) is 7.75. The number of anilines is 2. The third-order valence-corrected chi connectivity index (χ3v) is 10.6. The van der Waals surface area contributed by atoms with E-state index in [1.54, 1.807) is 0 Å². The van der Waals surface area contributed by atoms with Crippen molar-refractivity contribution in [3.8, 4) is 23.0 Å². The van der Waals surface area contributed by atoms with E-state index in [4.69, 9.17) is 20.9 Å². The Hall–Kier alpha value is -3.92. The van der Waals surface area contributed by atoms with Crippen LogP contribution in [0.5, 0.6) is 23.0 Å². The van der Waals surface area contributed by atoms with Crippen LogP contribution in [-0.4, -0.2) is 0 Å². The van der Waals surface area contributed by atoms with E-state index in [1.807, 2.05) is 48.5 Å². The molecule has 2 saturated carbocycles. The van der Waals surface area contributed by atoms with Gasteiger partial charge in [-0.15, -0.1) is 0 Å². The fraction of sp³-hybridized carbons (Fsp3) is 0.429. The van der Waals surface area contributed by atoms with Crippen molar-refractivity contribution in [3.05, 3.63) is 107 Å². The summed E-state index contributed by atoms with van der Waals surface area (Å²) >= 11 is 0. The van der Waals surface area contributed by atoms with Gasteiger partial charge in [0, 0.05) is 16.8 Å². The molecule has 4 nitrogen and oxygen atoms in total. The minimum Gasteiger partial charge on any atom is -0.457 e. The van der Waals surface area contributed by atoms with Crippen molar-refractivity contribution in [2.24, 2.45) is 0 Å². The molecule has 4 aromatic rings. The van der Waals surface area contributed by atoms with Gasteiger partial charge in [0.2, 0.25) is 0 Å². The summed E-state index contributed by atoms with van der Waals surface area (Å²) in [6.07, 6.45) is 16.1. The van der Waals surface area contributed by atoms with E-state index in [0.29, 0.717) is 11.8 Å². The topological polar surface area (TPSA) is 70.5 Å². The quantitative estimate of drug-likeness (QED) is 0.164. The van der Waals surface area contributed by atoms with Gasteiger partial charge >= 0.3 is 0 Å². The molecule has 2 fully saturated rings. The van der Waals surface area contributed by atoms with Crippen molar-refractivity contribution in [3.63, 3.8) is 0 Å². The minimum atomic E-state index is -0.137. The number of nitrogens with two attached hydrogens (primary N) is 2. The molecule has 0 saturated heterocycles. The molecule has 0 aliphatic heterocycles. The first kappa shape index (κ1) is 32.0. The van der Waals surface area contributed by atoms with Gasteiger partial charge in [0.1, 0.15) is 23.0 Å². The number of hydrogen-bond acceptors (Lipinski definition) is 4. The molecule has 2 aliphatic rings. The van der Waals surface area contributed by atoms with Gasteiger partial charge in [0.15, 0.2) is 0 Å². The molecule has 0 aromatic heterocycles. The number of benzene rings is 4. The van der Waals surface area contributed by atoms with Crippen LogP contribution in [0.2, 0.25) is 0 Å². The van der Waals surface area contributed by atoms with E-state index < -0.39 is 0 Å². The average molecular weight is 617 g/mol. The summed E-state index contributed by atoms with van der Waals surface area (Å²) in [6, 6.07) is 29.7. The van der Waals surface area contributed by atoms with Gasteiger partial charge in [-0.25, -0.2) is 0 Å². The van der Waals surface area contributed by atoms with E-state index in [-0.39, 0.29) is 5.41 Å². The maximum Gasteiger partial charge on any atom is 0.130 e. The van der Waals surface area contributed by atoms with Crippen LogP contribution in [0.3, 0.4) is 0 Å². The second-order valence-electron chi connectivity index (χ2n) is 14.0. The Balaban J connectivity index is 1.41. The van der Waals surface area contributed by atoms with Crippen molar-refractivity contribution in [1.82, 2.24) is 0 Å². The SMILES string of the molecule is CCCCC(C)(c1ccc(Oc2ccc(N)cc2)c(C2CCCCC2)c1)c1ccc(Oc2ccc(N)cc2)c(C2CCCCC2)c1. The van der Waals surface area contributed by atoms with E-state index in [9.17, 15) is 0 Å². The molecular formula is C42H52N2O2. The maximum absolute atomic E-state index is 6.57. The lowest BCUT2D eigenvalue weighted by Crippen LogP contribution is -2.25. The molecule has 4 N–H and O–H groups in total. The molecule has 0 amide bonds. The van der Waals surface area contributed by atoms with Crippen LogP contribution < -0.4 is 20.9 Å². The lowest BCUT2D eigenvalue weighted by Gasteiger charge is -2.34. The molecular weight excluding hydrogens is 564 g/mol. The summed E-state index contributed by atoms with van der Waals surface area (Å²) in [7, 11) is 0. The maximum atomic E-state index is 6.57. The van der Waals surface area contributed by atoms with Gasteiger partial charge in [-0.1, -0.05) is 89.5 Å². The Morgan fingerprint density at radius 3 is 1.39 bits per heavy atom. The number of hydrogen-bond donors (Lipinski definition) is 2. The zero-order valence-corrected chi connectivity index (χ0v) is 27.9. The summed E-state index contributed by atoms with van der Waals surface area (Å²) < 4.78 is 13.1. The van der Waals surface area contributed by atoms with Crippen molar-refractivity contribution in [1.29, 1.82) is 0 Å². The molecule has 0 radical (unpaired) electrons. The molecule has 0 heterocycles. The van der Waals surface area contributed by atoms with Crippen molar-refractivity contribution in [2.75, 3.05) is 11.5 Å². The Morgan fingerprint density at radius 2 is 1.00 bits per heavy atom. The standard InChI is InChI=1S/C42H52N2O2/c1-3-4-27-42(2,32-15-25-40(45-36-21-17-34(43)18-22-36)38(28-32)30-11-7-5-8-12-30)33-16-26-41(46-37-23-19-35(44)20-24-37)39(29-33)31-13-9-6-10-14-31/h15-26,28-31H,3-14,27,43-44H2,1-2H3. The largest absolute Gasteiger partial charge is 0.457 e. The average Bonchev–Trinajstić information content (AvgIpc) is 3.10. The Morgan fingerprint density at radius 1 is 0.587 bits per heavy atom. The summed E-state index contributed by atoms with van der Waals surface area (Å²) in [6.45, 7) is 4.76. The van der Waals surface area contributed by atoms with Crippen LogP contribution in [0, 0.1) is 0 Å². The van der Waals surface area contributed by atoms with Gasteiger partial charge in [-0.05, 0) is 127 Å². The zero-order valence-electron chi connectivity index (χ0n) is 27.9. The molecule has 0 spiro atoms. The highest BCUT2D eigenvalue weighted by Gasteiger charge is 2.32. The molecule has 4 aromatic carbocycles. The van der Waals surface area contributed by atoms with Crippen LogP contribution in [0.15, 0.2) is 84.9 Å². The van der Waals surface area contributed by atoms with Crippen LogP contribution in [0.1, 0.15) is 131 Å². The highest BCUT2D eigenvalue weighted by Crippen LogP contribution is 2.47. The van der Waals surface area contributed by atoms with Crippen molar-refractivity contribution in [2.45, 2.75) is 115 Å². The zero-order chi connectivity index (χ0) is 31.9. The summed E-state index contributed by atoms with van der Waals surface area (Å²) in [5.41, 5.74) is 18.8. The summed E-state index contributed by atoms with van der Waals surface area (Å²) in [5.74, 6) is 4.66. The third-order valence-electron chi connectivity index (χ3n) is 10.6. The van der Waals surface area contributed by atoms with Crippen LogP contribution in [0.4, 0.5) is 11.4 Å². The predicted octanol–water partition coefficient (Wildman–Crippen LogP) is 12.0. The van der Waals surface area contributed by atoms with E-state index in [2.05, 4.69) is 50.2 Å². The lowest BCUT2D eigenvalue weighted by molar-refractivity contribution is 0.414. The van der Waals surface area contributed by atoms with Crippen molar-refractivity contribution >= 4 is 11.4 Å². The highest BCUT2D eigenvalue weighted by molar-refractivity contribution is 5.52. The molecule has 2 aliphatic carbocycles. The molecule has 4 heteroatoms. The lowest BCUT2D eigenvalue weighted by atomic mass is 9.70. The minimum absolute atomic E-state index is 0.137. The van der Waals surface area contributed by atoms with Gasteiger partial charge in [-0.3, -0.25) is 0 Å². The van der Waals surface area contributed by atoms with Gasteiger partial charge in [0.05, 0.1) is 0 Å². The van der Waals surface area contributed by atoms with Crippen LogP contribution in [0.25, 0.3) is 0 Å². The Bertz CT molecular complexity index is 1450. The van der Waals surface area contributed by atoms with Crippen LogP contribution in [-0.2, 0) is 5.41 Å². The van der Waals surface area contributed by atoms with E-state index >= 15 is 0 Å². The molecule has 242 valence electrons. The van der Waals surface area contributed by atoms with Crippen molar-refractivity contribution < 1.29 is 9.47 Å². The first-order valence-corrected chi connectivity index (χ1v) is 17.8. The number of ether oxygens (including phenoxy) is 2. The summed E-state index contributed by atoms with van der Waals surface area (Å²) in [4.78, 5) is 0. The second kappa shape index (κ2) is 14.7. The third kappa shape index (κ3) is 7.38. The summed E-state index contributed by atoms with van der Waals surface area (Å²) in [5, 5.41) is 0. The van der Waals surface area contributed by atoms with E-state index in [1.165, 1.54) is 92.9 Å². The molecule has 6 rings (SSSR count). The van der Waals surface area contributed by atoms with E-state index in [0.717, 1.165) is 47.2 Å². The fourth-order valence-corrected chi connectivity index (χ4v) is 7.75. The highest BCUT2D eigenvalue weighted by atomic mass is 16.5. The molecule has 0 unspecified atom stereocenters. The molecule has 46 heavy (non-hydrogen) atoms. The smallest absolute Gasteiger partial charge is 0.130 e. The van der Waals surface area contributed by atoms with Gasteiger partial charge < -0.3 is 20.9 Å². The normalized spacial score (nSPS) is 16.3. The van der Waals surface area contributed by atoms with Crippen LogP contribution >= 0.6 is 0 Å². The number of nitrogen functional groups attached to an aromatic ring is 2. The Labute approximate surface area is 276 Å². The predicted molar refractivity (Wildman–Crippen MR) is 192 cm³/mol. The first-order chi connectivity index (χ1) is 22.4. The molecule has 0 atom stereocenters. The van der Waals surface area contributed by atoms with Gasteiger partial charge in [-0.2, -0.15) is 0 Å².